The summed E-state index contributed by atoms with van der Waals surface area (Å²) in [6.07, 6.45) is 2.65. The van der Waals surface area contributed by atoms with Gasteiger partial charge < -0.3 is 15.0 Å². The van der Waals surface area contributed by atoms with Gasteiger partial charge in [-0.15, -0.1) is 0 Å². The molecule has 0 aliphatic rings. The Hall–Kier alpha value is -3.67. The highest BCUT2D eigenvalue weighted by Gasteiger charge is 2.06. The number of nitrogens with zero attached hydrogens (tertiary/aromatic N) is 2. The van der Waals surface area contributed by atoms with Gasteiger partial charge in [-0.1, -0.05) is 24.3 Å². The molecule has 2 N–H and O–H groups in total. The van der Waals surface area contributed by atoms with Crippen LogP contribution in [-0.2, 0) is 22.4 Å². The third-order valence-corrected chi connectivity index (χ3v) is 4.69. The Balaban J connectivity index is 1.45. The number of hydrogen-bond acceptors (Lipinski definition) is 5. The molecule has 4 aromatic rings. The zero-order valence-electron chi connectivity index (χ0n) is 16.4. The van der Waals surface area contributed by atoms with E-state index in [4.69, 9.17) is 4.74 Å². The van der Waals surface area contributed by atoms with Gasteiger partial charge in [0.05, 0.1) is 13.5 Å². The van der Waals surface area contributed by atoms with Gasteiger partial charge in [0.15, 0.2) is 0 Å². The highest BCUT2D eigenvalue weighted by molar-refractivity contribution is 5.84. The Morgan fingerprint density at radius 2 is 1.86 bits per heavy atom. The van der Waals surface area contributed by atoms with Crippen molar-refractivity contribution in [3.8, 4) is 0 Å². The van der Waals surface area contributed by atoms with Gasteiger partial charge in [-0.05, 0) is 48.4 Å². The first-order valence-electron chi connectivity index (χ1n) is 9.42. The number of rotatable bonds is 6. The zero-order chi connectivity index (χ0) is 20.2. The quantitative estimate of drug-likeness (QED) is 0.483. The highest BCUT2D eigenvalue weighted by Crippen LogP contribution is 2.22. The van der Waals surface area contributed by atoms with Gasteiger partial charge >= 0.3 is 5.97 Å². The molecule has 4 rings (SSSR count). The first-order valence-corrected chi connectivity index (χ1v) is 9.42. The van der Waals surface area contributed by atoms with Crippen LogP contribution in [0.3, 0.4) is 0 Å². The maximum absolute atomic E-state index is 11.4. The van der Waals surface area contributed by atoms with Gasteiger partial charge in [0.2, 0.25) is 0 Å². The number of carbonyl (C=O) groups is 1. The molecule has 0 unspecified atom stereocenters. The zero-order valence-corrected chi connectivity index (χ0v) is 16.4. The molecule has 2 aromatic carbocycles. The van der Waals surface area contributed by atoms with E-state index < -0.39 is 0 Å². The van der Waals surface area contributed by atoms with Crippen LogP contribution in [0.1, 0.15) is 22.6 Å². The first-order chi connectivity index (χ1) is 14.1. The minimum Gasteiger partial charge on any atom is -0.469 e. The number of carbonyl (C=O) groups excluding carboxylic acids is 1. The summed E-state index contributed by atoms with van der Waals surface area (Å²) in [7, 11) is 1.40. The van der Waals surface area contributed by atoms with Crippen LogP contribution in [0.25, 0.3) is 10.9 Å². The van der Waals surface area contributed by atoms with E-state index in [-0.39, 0.29) is 12.4 Å². The van der Waals surface area contributed by atoms with E-state index in [0.717, 1.165) is 45.1 Å². The third kappa shape index (κ3) is 4.60. The molecule has 0 saturated carbocycles. The van der Waals surface area contributed by atoms with E-state index in [2.05, 4.69) is 38.5 Å². The lowest BCUT2D eigenvalue weighted by Gasteiger charge is -2.08. The molecule has 6 heteroatoms. The minimum absolute atomic E-state index is 0.243. The van der Waals surface area contributed by atoms with Crippen LogP contribution < -0.4 is 5.32 Å². The predicted molar refractivity (Wildman–Crippen MR) is 113 cm³/mol. The summed E-state index contributed by atoms with van der Waals surface area (Å²) in [4.78, 5) is 23.7. The van der Waals surface area contributed by atoms with Crippen molar-refractivity contribution in [2.75, 3.05) is 12.4 Å². The molecule has 0 spiro atoms. The number of nitrogens with one attached hydrogen (secondary N) is 2. The number of methoxy groups -OCH3 is 1. The molecule has 6 nitrogen and oxygen atoms in total. The van der Waals surface area contributed by atoms with Crippen LogP contribution in [-0.4, -0.2) is 28.0 Å². The second-order valence-electron chi connectivity index (χ2n) is 6.98. The van der Waals surface area contributed by atoms with Crippen LogP contribution in [0.15, 0.2) is 60.8 Å². The van der Waals surface area contributed by atoms with E-state index in [0.29, 0.717) is 6.42 Å². The van der Waals surface area contributed by atoms with Gasteiger partial charge in [-0.2, -0.15) is 0 Å². The molecule has 0 atom stereocenters. The lowest BCUT2D eigenvalue weighted by atomic mass is 10.1. The van der Waals surface area contributed by atoms with Gasteiger partial charge in [-0.25, -0.2) is 9.97 Å². The normalized spacial score (nSPS) is 10.8. The van der Waals surface area contributed by atoms with Gasteiger partial charge in [-0.3, -0.25) is 4.79 Å². The Bertz CT molecular complexity index is 1150. The summed E-state index contributed by atoms with van der Waals surface area (Å²) >= 11 is 0. The maximum atomic E-state index is 11.4. The van der Waals surface area contributed by atoms with E-state index in [1.54, 1.807) is 6.20 Å². The molecule has 2 heterocycles. The average Bonchev–Trinajstić information content (AvgIpc) is 3.09. The van der Waals surface area contributed by atoms with E-state index >= 15 is 0 Å². The lowest BCUT2D eigenvalue weighted by molar-refractivity contribution is -0.139. The van der Waals surface area contributed by atoms with Crippen molar-refractivity contribution in [1.29, 1.82) is 0 Å². The number of esters is 1. The number of aromatic amines is 1. The Morgan fingerprint density at radius 3 is 2.66 bits per heavy atom. The number of H-pyrrole nitrogens is 1. The van der Waals surface area contributed by atoms with Gasteiger partial charge in [0.1, 0.15) is 11.6 Å². The number of aromatic nitrogens is 3. The smallest absolute Gasteiger partial charge is 0.309 e. The highest BCUT2D eigenvalue weighted by atomic mass is 16.5. The Morgan fingerprint density at radius 1 is 1.07 bits per heavy atom. The molecule has 146 valence electrons. The molecule has 0 aliphatic heterocycles. The van der Waals surface area contributed by atoms with Crippen molar-refractivity contribution in [3.63, 3.8) is 0 Å². The minimum atomic E-state index is -0.243. The molecule has 0 fully saturated rings. The molecular weight excluding hydrogens is 364 g/mol. The molecule has 0 radical (unpaired) electrons. The molecule has 0 bridgehead atoms. The molecular formula is C23H22N4O2. The van der Waals surface area contributed by atoms with Crippen LogP contribution >= 0.6 is 0 Å². The molecule has 0 aliphatic carbocycles. The molecule has 29 heavy (non-hydrogen) atoms. The second-order valence-corrected chi connectivity index (χ2v) is 6.98. The fraction of sp³-hybridized carbons (Fsp3) is 0.174. The van der Waals surface area contributed by atoms with Crippen molar-refractivity contribution < 1.29 is 9.53 Å². The summed E-state index contributed by atoms with van der Waals surface area (Å²) in [6.45, 7) is 2.05. The lowest BCUT2D eigenvalue weighted by Crippen LogP contribution is -2.04. The molecule has 0 saturated heterocycles. The van der Waals surface area contributed by atoms with E-state index in [9.17, 15) is 4.79 Å². The summed E-state index contributed by atoms with van der Waals surface area (Å²) in [6, 6.07) is 18.0. The van der Waals surface area contributed by atoms with Gasteiger partial charge in [0, 0.05) is 34.9 Å². The standard InChI is InChI=1S/C23H22N4O2/c1-15-11-18-14-19(7-8-20(18)25-15)26-21-9-10-24-22(27-21)12-16-3-5-17(6-4-16)13-23(28)29-2/h3-11,14,25H,12-13H2,1-2H3,(H,24,26,27). The first kappa shape index (κ1) is 18.7. The number of hydrogen-bond donors (Lipinski definition) is 2. The SMILES string of the molecule is COC(=O)Cc1ccc(Cc2nccc(Nc3ccc4[nH]c(C)cc4c3)n2)cc1. The largest absolute Gasteiger partial charge is 0.469 e. The summed E-state index contributed by atoms with van der Waals surface area (Å²) in [5, 5.41) is 4.51. The van der Waals surface area contributed by atoms with Crippen molar-refractivity contribution >= 4 is 28.4 Å². The Labute approximate surface area is 169 Å². The fourth-order valence-corrected chi connectivity index (χ4v) is 3.25. The van der Waals surface area contributed by atoms with Crippen LogP contribution in [0.2, 0.25) is 0 Å². The van der Waals surface area contributed by atoms with Crippen molar-refractivity contribution in [3.05, 3.63) is 83.4 Å². The summed E-state index contributed by atoms with van der Waals surface area (Å²) in [5.41, 5.74) is 5.24. The number of anilines is 2. The fourth-order valence-electron chi connectivity index (χ4n) is 3.25. The molecule has 0 amide bonds. The number of benzene rings is 2. The summed E-state index contributed by atoms with van der Waals surface area (Å²) in [5.74, 6) is 1.24. The van der Waals surface area contributed by atoms with Crippen molar-refractivity contribution in [2.45, 2.75) is 19.8 Å². The second kappa shape index (κ2) is 8.14. The van der Waals surface area contributed by atoms with Crippen LogP contribution in [0.4, 0.5) is 11.5 Å². The van der Waals surface area contributed by atoms with E-state index in [1.807, 2.05) is 43.3 Å². The van der Waals surface area contributed by atoms with Crippen LogP contribution in [0, 0.1) is 6.92 Å². The third-order valence-electron chi connectivity index (χ3n) is 4.69. The molecule has 2 aromatic heterocycles. The number of fused-ring (bicyclic) bond motifs is 1. The van der Waals surface area contributed by atoms with E-state index in [1.165, 1.54) is 7.11 Å². The topological polar surface area (TPSA) is 79.9 Å². The van der Waals surface area contributed by atoms with Crippen molar-refractivity contribution in [2.24, 2.45) is 0 Å². The number of aryl methyl sites for hydroxylation is 1. The Kier molecular flexibility index (Phi) is 5.24. The monoisotopic (exact) mass is 386 g/mol. The van der Waals surface area contributed by atoms with Gasteiger partial charge in [0.25, 0.3) is 0 Å². The number of ether oxygens (including phenoxy) is 1. The van der Waals surface area contributed by atoms with Crippen LogP contribution in [0.5, 0.6) is 0 Å². The van der Waals surface area contributed by atoms with Crippen molar-refractivity contribution in [1.82, 2.24) is 15.0 Å². The average molecular weight is 386 g/mol. The summed E-state index contributed by atoms with van der Waals surface area (Å²) < 4.78 is 4.70. The predicted octanol–water partition coefficient (Wildman–Crippen LogP) is 4.32. The maximum Gasteiger partial charge on any atom is 0.309 e.